The molecule has 0 aliphatic carbocycles. The van der Waals surface area contributed by atoms with Crippen molar-refractivity contribution in [3.05, 3.63) is 46.8 Å². The molecular weight excluding hydrogens is 292 g/mol. The van der Waals surface area contributed by atoms with Crippen LogP contribution < -0.4 is 5.32 Å². The molecule has 1 N–H and O–H groups in total. The number of hydrogen-bond acceptors (Lipinski definition) is 4. The van der Waals surface area contributed by atoms with Gasteiger partial charge in [0, 0.05) is 37.6 Å². The zero-order valence-corrected chi connectivity index (χ0v) is 13.8. The summed E-state index contributed by atoms with van der Waals surface area (Å²) in [7, 11) is 0. The smallest absolute Gasteiger partial charge is 0.0768 e. The molecule has 2 aromatic rings. The summed E-state index contributed by atoms with van der Waals surface area (Å²) in [4.78, 5) is 3.89. The van der Waals surface area contributed by atoms with Crippen molar-refractivity contribution >= 4 is 11.8 Å². The highest BCUT2D eigenvalue weighted by Gasteiger charge is 2.19. The van der Waals surface area contributed by atoms with E-state index in [4.69, 9.17) is 5.10 Å². The number of rotatable bonds is 3. The molecule has 4 rings (SSSR count). The van der Waals surface area contributed by atoms with Crippen molar-refractivity contribution in [1.82, 2.24) is 20.0 Å². The fourth-order valence-corrected chi connectivity index (χ4v) is 3.87. The number of nitrogens with zero attached hydrogens (tertiary/aromatic N) is 3. The van der Waals surface area contributed by atoms with Crippen LogP contribution in [0.5, 0.6) is 0 Å². The molecular formula is C17H22N4S. The molecule has 0 amide bonds. The van der Waals surface area contributed by atoms with E-state index in [1.54, 1.807) is 0 Å². The molecule has 0 bridgehead atoms. The lowest BCUT2D eigenvalue weighted by Gasteiger charge is -2.28. The molecule has 0 saturated carbocycles. The SMILES string of the molecule is CSc1ccc2c(c1)CCN(Cc1cc3n(n1)CCNC3)C2. The van der Waals surface area contributed by atoms with Crippen molar-refractivity contribution in [2.45, 2.75) is 37.5 Å². The third-order valence-corrected chi connectivity index (χ3v) is 5.34. The zero-order valence-electron chi connectivity index (χ0n) is 13.0. The Kier molecular flexibility index (Phi) is 3.94. The zero-order chi connectivity index (χ0) is 14.9. The highest BCUT2D eigenvalue weighted by Crippen LogP contribution is 2.25. The molecule has 2 aliphatic rings. The Morgan fingerprint density at radius 2 is 2.18 bits per heavy atom. The molecule has 0 spiro atoms. The summed E-state index contributed by atoms with van der Waals surface area (Å²) in [6.45, 7) is 6.12. The largest absolute Gasteiger partial charge is 0.309 e. The molecule has 0 unspecified atom stereocenters. The highest BCUT2D eigenvalue weighted by molar-refractivity contribution is 7.98. The molecule has 4 nitrogen and oxygen atoms in total. The topological polar surface area (TPSA) is 33.1 Å². The minimum absolute atomic E-state index is 0.952. The van der Waals surface area contributed by atoms with Crippen LogP contribution in [-0.2, 0) is 32.6 Å². The van der Waals surface area contributed by atoms with Crippen LogP contribution in [0.3, 0.4) is 0 Å². The second-order valence-corrected chi connectivity index (χ2v) is 7.00. The minimum Gasteiger partial charge on any atom is -0.309 e. The summed E-state index contributed by atoms with van der Waals surface area (Å²) in [5.74, 6) is 0. The normalized spacial score (nSPS) is 18.0. The first-order valence-electron chi connectivity index (χ1n) is 7.96. The van der Waals surface area contributed by atoms with Gasteiger partial charge in [0.2, 0.25) is 0 Å². The van der Waals surface area contributed by atoms with Crippen molar-refractivity contribution < 1.29 is 0 Å². The Bertz CT molecular complexity index is 656. The molecule has 0 atom stereocenters. The van der Waals surface area contributed by atoms with Crippen LogP contribution in [0.1, 0.15) is 22.5 Å². The first kappa shape index (κ1) is 14.3. The lowest BCUT2D eigenvalue weighted by atomic mass is 10.00. The van der Waals surface area contributed by atoms with E-state index < -0.39 is 0 Å². The van der Waals surface area contributed by atoms with Crippen molar-refractivity contribution in [2.75, 3.05) is 19.3 Å². The Morgan fingerprint density at radius 3 is 3.05 bits per heavy atom. The van der Waals surface area contributed by atoms with E-state index in [0.29, 0.717) is 0 Å². The van der Waals surface area contributed by atoms with Crippen LogP contribution in [-0.4, -0.2) is 34.0 Å². The lowest BCUT2D eigenvalue weighted by molar-refractivity contribution is 0.241. The molecule has 1 aromatic heterocycles. The van der Waals surface area contributed by atoms with Crippen LogP contribution in [0, 0.1) is 0 Å². The number of benzene rings is 1. The average molecular weight is 314 g/mol. The molecule has 0 saturated heterocycles. The molecule has 5 heteroatoms. The van der Waals surface area contributed by atoms with E-state index in [1.807, 2.05) is 11.8 Å². The van der Waals surface area contributed by atoms with Crippen LogP contribution in [0.15, 0.2) is 29.2 Å². The lowest BCUT2D eigenvalue weighted by Crippen LogP contribution is -2.30. The van der Waals surface area contributed by atoms with Crippen LogP contribution in [0.2, 0.25) is 0 Å². The maximum absolute atomic E-state index is 4.76. The van der Waals surface area contributed by atoms with Gasteiger partial charge in [0.05, 0.1) is 17.9 Å². The van der Waals surface area contributed by atoms with Gasteiger partial charge in [-0.25, -0.2) is 0 Å². The minimum atomic E-state index is 0.952. The summed E-state index contributed by atoms with van der Waals surface area (Å²) in [6.07, 6.45) is 3.30. The van der Waals surface area contributed by atoms with Crippen molar-refractivity contribution in [3.63, 3.8) is 0 Å². The number of fused-ring (bicyclic) bond motifs is 2. The third-order valence-electron chi connectivity index (χ3n) is 4.61. The number of thioether (sulfide) groups is 1. The second kappa shape index (κ2) is 6.07. The van der Waals surface area contributed by atoms with E-state index in [-0.39, 0.29) is 0 Å². The Labute approximate surface area is 135 Å². The fraction of sp³-hybridized carbons (Fsp3) is 0.471. The van der Waals surface area contributed by atoms with Gasteiger partial charge in [-0.2, -0.15) is 5.10 Å². The number of nitrogens with one attached hydrogen (secondary N) is 1. The van der Waals surface area contributed by atoms with Crippen LogP contribution in [0.4, 0.5) is 0 Å². The van der Waals surface area contributed by atoms with E-state index in [2.05, 4.69) is 45.4 Å². The first-order valence-corrected chi connectivity index (χ1v) is 9.19. The van der Waals surface area contributed by atoms with Crippen molar-refractivity contribution in [3.8, 4) is 0 Å². The molecule has 0 radical (unpaired) electrons. The van der Waals surface area contributed by atoms with Gasteiger partial charge < -0.3 is 5.32 Å². The van der Waals surface area contributed by atoms with E-state index in [0.717, 1.165) is 45.7 Å². The maximum atomic E-state index is 4.76. The molecule has 3 heterocycles. The van der Waals surface area contributed by atoms with Crippen LogP contribution >= 0.6 is 11.8 Å². The van der Waals surface area contributed by atoms with Crippen molar-refractivity contribution in [2.24, 2.45) is 0 Å². The van der Waals surface area contributed by atoms with Gasteiger partial charge in [-0.3, -0.25) is 9.58 Å². The molecule has 0 fully saturated rings. The highest BCUT2D eigenvalue weighted by atomic mass is 32.2. The quantitative estimate of drug-likeness (QED) is 0.881. The molecule has 116 valence electrons. The molecule has 22 heavy (non-hydrogen) atoms. The van der Waals surface area contributed by atoms with E-state index in [1.165, 1.54) is 27.4 Å². The Hall–Kier alpha value is -1.30. The predicted octanol–water partition coefficient (Wildman–Crippen LogP) is 2.27. The monoisotopic (exact) mass is 314 g/mol. The summed E-state index contributed by atoms with van der Waals surface area (Å²) >= 11 is 1.83. The van der Waals surface area contributed by atoms with E-state index >= 15 is 0 Å². The first-order chi connectivity index (χ1) is 10.8. The molecule has 2 aliphatic heterocycles. The maximum Gasteiger partial charge on any atom is 0.0768 e. The van der Waals surface area contributed by atoms with Gasteiger partial charge >= 0.3 is 0 Å². The summed E-state index contributed by atoms with van der Waals surface area (Å²) < 4.78 is 2.16. The standard InChI is InChI=1S/C17H22N4S/c1-22-17-3-2-14-11-20(6-4-13(14)8-17)12-15-9-16-10-18-5-7-21(16)19-15/h2-3,8-9,18H,4-7,10-12H2,1H3. The fourth-order valence-electron chi connectivity index (χ4n) is 3.41. The van der Waals surface area contributed by atoms with Gasteiger partial charge in [0.25, 0.3) is 0 Å². The van der Waals surface area contributed by atoms with Gasteiger partial charge in [0.1, 0.15) is 0 Å². The predicted molar refractivity (Wildman–Crippen MR) is 90.0 cm³/mol. The third kappa shape index (κ3) is 2.81. The van der Waals surface area contributed by atoms with E-state index in [9.17, 15) is 0 Å². The average Bonchev–Trinajstić information content (AvgIpc) is 2.96. The Balaban J connectivity index is 1.47. The van der Waals surface area contributed by atoms with Crippen LogP contribution in [0.25, 0.3) is 0 Å². The van der Waals surface area contributed by atoms with Gasteiger partial charge in [-0.05, 0) is 42.0 Å². The second-order valence-electron chi connectivity index (χ2n) is 6.12. The molecule has 1 aromatic carbocycles. The van der Waals surface area contributed by atoms with Gasteiger partial charge in [-0.15, -0.1) is 11.8 Å². The summed E-state index contributed by atoms with van der Waals surface area (Å²) in [5.41, 5.74) is 5.54. The Morgan fingerprint density at radius 1 is 1.23 bits per heavy atom. The van der Waals surface area contributed by atoms with Gasteiger partial charge in [0.15, 0.2) is 0 Å². The summed E-state index contributed by atoms with van der Waals surface area (Å²) in [5, 5.41) is 8.17. The van der Waals surface area contributed by atoms with Crippen molar-refractivity contribution in [1.29, 1.82) is 0 Å². The number of aromatic nitrogens is 2. The van der Waals surface area contributed by atoms with Gasteiger partial charge in [-0.1, -0.05) is 6.07 Å². The number of hydrogen-bond donors (Lipinski definition) is 1. The summed E-state index contributed by atoms with van der Waals surface area (Å²) in [6, 6.07) is 9.17.